The van der Waals surface area contributed by atoms with E-state index in [9.17, 15) is 4.79 Å². The lowest BCUT2D eigenvalue weighted by molar-refractivity contribution is 0.0607. The molecule has 0 saturated heterocycles. The number of benzene rings is 1. The van der Waals surface area contributed by atoms with E-state index in [-0.39, 0.29) is 5.97 Å². The minimum absolute atomic E-state index is 0.375. The number of halogens is 1. The Labute approximate surface area is 113 Å². The minimum Gasteiger partial charge on any atom is -0.465 e. The van der Waals surface area contributed by atoms with E-state index >= 15 is 0 Å². The molecule has 94 valence electrons. The van der Waals surface area contributed by atoms with E-state index in [0.717, 1.165) is 0 Å². The first kappa shape index (κ1) is 12.7. The first-order chi connectivity index (χ1) is 8.61. The molecule has 18 heavy (non-hydrogen) atoms. The van der Waals surface area contributed by atoms with Crippen molar-refractivity contribution in [2.24, 2.45) is 0 Å². The summed E-state index contributed by atoms with van der Waals surface area (Å²) in [5, 5.41) is 5.46. The van der Waals surface area contributed by atoms with Crippen LogP contribution in [-0.2, 0) is 4.74 Å². The van der Waals surface area contributed by atoms with E-state index in [2.05, 4.69) is 5.32 Å². The molecule has 1 aromatic carbocycles. The lowest BCUT2D eigenvalue weighted by Gasteiger charge is -2.09. The molecular formula is C12H11ClN2O2S. The first-order valence-corrected chi connectivity index (χ1v) is 6.35. The quantitative estimate of drug-likeness (QED) is 0.668. The van der Waals surface area contributed by atoms with Gasteiger partial charge in [-0.1, -0.05) is 11.6 Å². The van der Waals surface area contributed by atoms with Gasteiger partial charge in [-0.05, 0) is 29.6 Å². The van der Waals surface area contributed by atoms with Crippen LogP contribution in [-0.4, -0.2) is 13.1 Å². The molecule has 1 aromatic heterocycles. The molecule has 0 aliphatic rings. The highest BCUT2D eigenvalue weighted by Crippen LogP contribution is 2.30. The standard InChI is InChI=1S/C12H11ClN2O2S/c1-17-12(16)11-10(4-5-18-11)15-9-3-2-7(13)6-8(9)14/h2-6,15H,14H2,1H3. The highest BCUT2D eigenvalue weighted by molar-refractivity contribution is 7.12. The summed E-state index contributed by atoms with van der Waals surface area (Å²) in [5.74, 6) is -0.375. The molecule has 6 heteroatoms. The number of esters is 1. The normalized spacial score (nSPS) is 10.1. The molecule has 0 aliphatic carbocycles. The number of carbonyl (C=O) groups excluding carboxylic acids is 1. The van der Waals surface area contributed by atoms with E-state index < -0.39 is 0 Å². The van der Waals surface area contributed by atoms with E-state index in [1.165, 1.54) is 18.4 Å². The van der Waals surface area contributed by atoms with Crippen molar-refractivity contribution >= 4 is 46.0 Å². The van der Waals surface area contributed by atoms with Crippen molar-refractivity contribution < 1.29 is 9.53 Å². The van der Waals surface area contributed by atoms with Gasteiger partial charge in [0.25, 0.3) is 0 Å². The molecule has 0 fully saturated rings. The topological polar surface area (TPSA) is 64.3 Å². The van der Waals surface area contributed by atoms with Gasteiger partial charge < -0.3 is 15.8 Å². The SMILES string of the molecule is COC(=O)c1sccc1Nc1ccc(Cl)cc1N. The number of nitrogen functional groups attached to an aromatic ring is 1. The number of anilines is 3. The Balaban J connectivity index is 2.29. The molecular weight excluding hydrogens is 272 g/mol. The van der Waals surface area contributed by atoms with Crippen molar-refractivity contribution in [3.63, 3.8) is 0 Å². The third-order valence-electron chi connectivity index (χ3n) is 2.32. The molecule has 0 spiro atoms. The van der Waals surface area contributed by atoms with Crippen LogP contribution in [0.2, 0.25) is 5.02 Å². The van der Waals surface area contributed by atoms with E-state index in [0.29, 0.717) is 27.0 Å². The summed E-state index contributed by atoms with van der Waals surface area (Å²) in [4.78, 5) is 12.0. The van der Waals surface area contributed by atoms with Crippen molar-refractivity contribution in [1.29, 1.82) is 0 Å². The molecule has 2 aromatic rings. The van der Waals surface area contributed by atoms with Gasteiger partial charge in [0, 0.05) is 5.02 Å². The van der Waals surface area contributed by atoms with Crippen LogP contribution in [0, 0.1) is 0 Å². The molecule has 0 bridgehead atoms. The Morgan fingerprint density at radius 1 is 1.39 bits per heavy atom. The molecule has 3 N–H and O–H groups in total. The molecule has 0 amide bonds. The fraction of sp³-hybridized carbons (Fsp3) is 0.0833. The van der Waals surface area contributed by atoms with Crippen LogP contribution in [0.1, 0.15) is 9.67 Å². The van der Waals surface area contributed by atoms with Gasteiger partial charge in [-0.25, -0.2) is 4.79 Å². The van der Waals surface area contributed by atoms with Gasteiger partial charge in [-0.3, -0.25) is 0 Å². The maximum Gasteiger partial charge on any atom is 0.350 e. The predicted octanol–water partition coefficient (Wildman–Crippen LogP) is 3.51. The van der Waals surface area contributed by atoms with Crippen molar-refractivity contribution in [2.75, 3.05) is 18.2 Å². The van der Waals surface area contributed by atoms with Crippen LogP contribution in [0.5, 0.6) is 0 Å². The molecule has 0 radical (unpaired) electrons. The van der Waals surface area contributed by atoms with Crippen LogP contribution >= 0.6 is 22.9 Å². The lowest BCUT2D eigenvalue weighted by atomic mass is 10.2. The van der Waals surface area contributed by atoms with Crippen LogP contribution < -0.4 is 11.1 Å². The second-order valence-corrected chi connectivity index (χ2v) is 4.86. The van der Waals surface area contributed by atoms with Gasteiger partial charge in [-0.2, -0.15) is 0 Å². The minimum atomic E-state index is -0.375. The number of methoxy groups -OCH3 is 1. The number of thiophene rings is 1. The van der Waals surface area contributed by atoms with Crippen molar-refractivity contribution in [3.8, 4) is 0 Å². The lowest BCUT2D eigenvalue weighted by Crippen LogP contribution is -2.03. The maximum absolute atomic E-state index is 11.5. The zero-order valence-corrected chi connectivity index (χ0v) is 11.1. The fourth-order valence-corrected chi connectivity index (χ4v) is 2.40. The molecule has 0 unspecified atom stereocenters. The second kappa shape index (κ2) is 5.29. The summed E-state index contributed by atoms with van der Waals surface area (Å²) in [6, 6.07) is 6.93. The Kier molecular flexibility index (Phi) is 3.74. The highest BCUT2D eigenvalue weighted by Gasteiger charge is 2.14. The van der Waals surface area contributed by atoms with Crippen LogP contribution in [0.25, 0.3) is 0 Å². The summed E-state index contributed by atoms with van der Waals surface area (Å²) in [5.41, 5.74) is 7.72. The summed E-state index contributed by atoms with van der Waals surface area (Å²) < 4.78 is 4.70. The molecule has 0 saturated carbocycles. The monoisotopic (exact) mass is 282 g/mol. The average molecular weight is 283 g/mol. The summed E-state index contributed by atoms with van der Waals surface area (Å²) in [6.07, 6.45) is 0. The zero-order valence-electron chi connectivity index (χ0n) is 9.57. The Hall–Kier alpha value is -1.72. The van der Waals surface area contributed by atoms with Crippen LogP contribution in [0.15, 0.2) is 29.6 Å². The van der Waals surface area contributed by atoms with E-state index in [1.807, 2.05) is 0 Å². The van der Waals surface area contributed by atoms with Crippen LogP contribution in [0.4, 0.5) is 17.1 Å². The third kappa shape index (κ3) is 2.57. The number of rotatable bonds is 3. The predicted molar refractivity (Wildman–Crippen MR) is 74.8 cm³/mol. The summed E-state index contributed by atoms with van der Waals surface area (Å²) in [7, 11) is 1.35. The number of hydrogen-bond acceptors (Lipinski definition) is 5. The number of hydrogen-bond donors (Lipinski definition) is 2. The third-order valence-corrected chi connectivity index (χ3v) is 3.45. The molecule has 1 heterocycles. The van der Waals surface area contributed by atoms with E-state index in [1.54, 1.807) is 29.6 Å². The Morgan fingerprint density at radius 2 is 2.17 bits per heavy atom. The summed E-state index contributed by atoms with van der Waals surface area (Å²) >= 11 is 7.13. The number of nitrogens with one attached hydrogen (secondary N) is 1. The number of carbonyl (C=O) groups is 1. The average Bonchev–Trinajstić information content (AvgIpc) is 2.80. The Bertz CT molecular complexity index is 583. The summed E-state index contributed by atoms with van der Waals surface area (Å²) in [6.45, 7) is 0. The smallest absolute Gasteiger partial charge is 0.350 e. The van der Waals surface area contributed by atoms with E-state index in [4.69, 9.17) is 22.1 Å². The Morgan fingerprint density at radius 3 is 2.83 bits per heavy atom. The van der Waals surface area contributed by atoms with Gasteiger partial charge in [0.1, 0.15) is 4.88 Å². The largest absolute Gasteiger partial charge is 0.465 e. The zero-order chi connectivity index (χ0) is 13.1. The van der Waals surface area contributed by atoms with Gasteiger partial charge in [-0.15, -0.1) is 11.3 Å². The fourth-order valence-electron chi connectivity index (χ4n) is 1.45. The van der Waals surface area contributed by atoms with Crippen LogP contribution in [0.3, 0.4) is 0 Å². The highest BCUT2D eigenvalue weighted by atomic mass is 35.5. The number of ether oxygens (including phenoxy) is 1. The van der Waals surface area contributed by atoms with Gasteiger partial charge in [0.05, 0.1) is 24.2 Å². The number of nitrogens with two attached hydrogens (primary N) is 1. The van der Waals surface area contributed by atoms with Gasteiger partial charge >= 0.3 is 5.97 Å². The molecule has 0 aliphatic heterocycles. The molecule has 4 nitrogen and oxygen atoms in total. The first-order valence-electron chi connectivity index (χ1n) is 5.09. The van der Waals surface area contributed by atoms with Crippen molar-refractivity contribution in [3.05, 3.63) is 39.5 Å². The molecule has 0 atom stereocenters. The maximum atomic E-state index is 11.5. The second-order valence-electron chi connectivity index (χ2n) is 3.51. The van der Waals surface area contributed by atoms with Crippen molar-refractivity contribution in [1.82, 2.24) is 0 Å². The molecule has 2 rings (SSSR count). The van der Waals surface area contributed by atoms with Gasteiger partial charge in [0.2, 0.25) is 0 Å². The van der Waals surface area contributed by atoms with Gasteiger partial charge in [0.15, 0.2) is 0 Å². The van der Waals surface area contributed by atoms with Crippen molar-refractivity contribution in [2.45, 2.75) is 0 Å².